The first-order chi connectivity index (χ1) is 61.0. The number of alkyl carbamates (subject to hydrolysis) is 2. The Bertz CT molecular complexity index is 4570. The van der Waals surface area contributed by atoms with Crippen LogP contribution in [0.1, 0.15) is 147 Å². The number of nitrogens with one attached hydrogen (secondary N) is 4. The van der Waals surface area contributed by atoms with E-state index in [0.29, 0.717) is 45.5 Å². The molecule has 2 aromatic heterocycles. The van der Waals surface area contributed by atoms with Crippen LogP contribution in [-0.4, -0.2) is 238 Å². The Balaban J connectivity index is 0.000000439. The number of carbonyl (C=O) groups is 5. The van der Waals surface area contributed by atoms with Crippen molar-refractivity contribution in [1.29, 1.82) is 0 Å². The fourth-order valence-corrected chi connectivity index (χ4v) is 20.5. The van der Waals surface area contributed by atoms with E-state index in [1.807, 2.05) is 146 Å². The summed E-state index contributed by atoms with van der Waals surface area (Å²) in [4.78, 5) is 88.5. The molecule has 13 atom stereocenters. The third kappa shape index (κ3) is 41.0. The van der Waals surface area contributed by atoms with Crippen LogP contribution in [0.4, 0.5) is 9.59 Å². The molecule has 4 fully saturated rings. The number of amides is 2. The number of sulfonamides is 2. The lowest BCUT2D eigenvalue weighted by atomic mass is 10.0. The van der Waals surface area contributed by atoms with E-state index in [2.05, 4.69) is 30.8 Å². The molecule has 4 aliphatic heterocycles. The van der Waals surface area contributed by atoms with Crippen LogP contribution < -0.4 is 36.0 Å². The average molecular weight is 1970 g/mol. The Hall–Kier alpha value is -7.44. The van der Waals surface area contributed by atoms with E-state index >= 15 is 0 Å². The molecular formula is C89H136ClN9O26P2S4. The highest BCUT2D eigenvalue weighted by Gasteiger charge is 2.46. The molecule has 734 valence electrons. The van der Waals surface area contributed by atoms with Gasteiger partial charge in [0.2, 0.25) is 27.5 Å². The van der Waals surface area contributed by atoms with Crippen molar-refractivity contribution in [3.05, 3.63) is 169 Å². The number of ether oxygens (including phenoxy) is 11. The maximum Gasteiger partial charge on any atom is 0.407 e. The lowest BCUT2D eigenvalue weighted by molar-refractivity contribution is -0.146. The second-order valence-electron chi connectivity index (χ2n) is 31.8. The summed E-state index contributed by atoms with van der Waals surface area (Å²) in [5.74, 6) is -1.70. The maximum absolute atomic E-state index is 14.2. The lowest BCUT2D eigenvalue weighted by Gasteiger charge is -2.31. The van der Waals surface area contributed by atoms with Crippen LogP contribution >= 0.6 is 49.0 Å². The zero-order valence-corrected chi connectivity index (χ0v) is 80.4. The first kappa shape index (κ1) is 116. The molecule has 4 aliphatic rings. The van der Waals surface area contributed by atoms with E-state index in [4.69, 9.17) is 67.6 Å². The standard InChI is InChI=1S/C42H65N4O13PS.C28H39N2O11PS.C10H8N2S2.C7H15NO2.2CH4.ClH/c1-7-9-21-54-39(48)30(5)44-60(51,45-31(6)40(49)55-22-10-8-2)28-58-33-16-18-34(19-17-33)61(52,53)46(25-29(3)4)26-37(47)36(24-32-14-12-11-13-15-32)43-42(50)59-38-27-57-41-35(38)20-23-56-41;1-19(2)15-30(43(36,37)22-10-8-21(9-11-22)40-18-42(33,34)35)16-25(31)24(14-20-6-4-3-5-7-20)29-28(32)41-26-17-39-27-23(26)12-13-38-27;1-3-7-11-9(5-1)13-14-10-6-2-4-8-12-10;1-3-4-5-10-7(9)6(2)8;;;/h11-19,29-31,35-38,41,47H,7-10,20-28H2,1-6H3,(H,43,50)(H2,44,45,51);3-11,19,23-27,31H,12-18H2,1-2H3,(H,29,32)(H2,33,34,35);1-8H;6H,3-5,8H2,1-2H3;2*1H4;1H/t30-,31-,35-,36-,37+,38-,41+;23-,24-,25+,26-,27+;;6-;;;/m00.0.../s1. The maximum atomic E-state index is 14.2. The van der Waals surface area contributed by atoms with Gasteiger partial charge in [-0.1, -0.05) is 155 Å². The molecule has 0 bridgehead atoms. The first-order valence-corrected chi connectivity index (χ1v) is 51.6. The van der Waals surface area contributed by atoms with Gasteiger partial charge in [-0.05, 0) is 183 Å². The van der Waals surface area contributed by atoms with Crippen LogP contribution in [0.15, 0.2) is 178 Å². The quantitative estimate of drug-likeness (QED) is 0.00563. The number of nitrogens with two attached hydrogens (primary N) is 1. The molecule has 10 rings (SSSR count). The SMILES string of the molecule is C.C.CC(C)CN(C[C@@H](O)[C@H](Cc1ccccc1)NC(=O)O[C@H]1CO[C@H]2OCC[C@H]21)S(=O)(=O)c1ccc(OCP(=O)(O)O)cc1.CCCCOC(=O)[C@H](C)N.CCCCOC(=O)[C@H](C)NP(=O)(COc1ccc(S(=O)(=O)N(CC(C)C)C[C@@H](O)[C@H](Cc2ccccc2)NC(=O)O[C@H]2CO[C@H]3OCC[C@H]32)cc1)N[C@@H](C)C(=O)OCCCC.Cl.c1ccc(SSc2ccccn2)nc1. The smallest absolute Gasteiger partial charge is 0.407 e. The summed E-state index contributed by atoms with van der Waals surface area (Å²) in [6, 6.07) is 36.4. The van der Waals surface area contributed by atoms with Gasteiger partial charge in [0.1, 0.15) is 51.9 Å². The van der Waals surface area contributed by atoms with Gasteiger partial charge in [0.15, 0.2) is 25.3 Å². The van der Waals surface area contributed by atoms with E-state index in [9.17, 15) is 60.2 Å². The van der Waals surface area contributed by atoms with Crippen molar-refractivity contribution in [1.82, 2.24) is 39.4 Å². The normalized spacial score (nSPS) is 18.4. The van der Waals surface area contributed by atoms with Gasteiger partial charge < -0.3 is 88.5 Å². The number of halogens is 1. The number of benzene rings is 4. The number of aliphatic hydroxyl groups excluding tert-OH is 2. The summed E-state index contributed by atoms with van der Waals surface area (Å²) >= 11 is 0. The van der Waals surface area contributed by atoms with Crippen molar-refractivity contribution in [2.24, 2.45) is 29.4 Å². The number of esters is 3. The summed E-state index contributed by atoms with van der Waals surface area (Å²) in [6.45, 7) is 19.7. The number of aromatic nitrogens is 2. The predicted molar refractivity (Wildman–Crippen MR) is 502 cm³/mol. The second-order valence-corrected chi connectivity index (χ2v) is 41.7. The van der Waals surface area contributed by atoms with Crippen molar-refractivity contribution in [2.75, 3.05) is 85.1 Å². The Morgan fingerprint density at radius 2 is 0.870 bits per heavy atom. The van der Waals surface area contributed by atoms with E-state index in [0.717, 1.165) is 51.2 Å². The molecule has 0 aliphatic carbocycles. The molecule has 0 spiro atoms. The molecule has 35 nitrogen and oxygen atoms in total. The van der Waals surface area contributed by atoms with E-state index in [1.165, 1.54) is 66.7 Å². The zero-order chi connectivity index (χ0) is 93.4. The number of rotatable bonds is 47. The van der Waals surface area contributed by atoms with Crippen molar-refractivity contribution in [3.63, 3.8) is 0 Å². The minimum absolute atomic E-state index is 0. The largest absolute Gasteiger partial charge is 0.483 e. The number of carbonyl (C=O) groups excluding carboxylic acids is 5. The monoisotopic (exact) mass is 1970 g/mol. The van der Waals surface area contributed by atoms with Crippen LogP contribution in [0.3, 0.4) is 0 Å². The molecular weight excluding hydrogens is 1840 g/mol. The minimum Gasteiger partial charge on any atom is -0.483 e. The number of hydrogen-bond donors (Lipinski definition) is 9. The van der Waals surface area contributed by atoms with E-state index in [1.54, 1.807) is 40.9 Å². The Labute approximate surface area is 786 Å². The molecule has 0 radical (unpaired) electrons. The molecule has 4 saturated heterocycles. The molecule has 6 heterocycles. The highest BCUT2D eigenvalue weighted by molar-refractivity contribution is 8.76. The van der Waals surface area contributed by atoms with Crippen LogP contribution in [0.5, 0.6) is 11.5 Å². The van der Waals surface area contributed by atoms with Gasteiger partial charge in [0, 0.05) is 38.6 Å². The molecule has 10 N–H and O–H groups in total. The summed E-state index contributed by atoms with van der Waals surface area (Å²) in [5.41, 5.74) is 6.88. The number of hydrogen-bond acceptors (Lipinski definition) is 29. The van der Waals surface area contributed by atoms with Gasteiger partial charge in [-0.2, -0.15) is 8.61 Å². The zero-order valence-electron chi connectivity index (χ0n) is 74.5. The highest BCUT2D eigenvalue weighted by atomic mass is 35.5. The molecule has 6 aromatic rings. The van der Waals surface area contributed by atoms with Crippen LogP contribution in [0.25, 0.3) is 0 Å². The number of aliphatic hydroxyl groups is 2. The molecule has 0 saturated carbocycles. The molecule has 0 unspecified atom stereocenters. The Morgan fingerprint density at radius 3 is 1.21 bits per heavy atom. The molecule has 131 heavy (non-hydrogen) atoms. The first-order valence-electron chi connectivity index (χ1n) is 42.9. The molecule has 4 aromatic carbocycles. The summed E-state index contributed by atoms with van der Waals surface area (Å²) in [6.07, 6.45) is 2.95. The van der Waals surface area contributed by atoms with Gasteiger partial charge in [-0.25, -0.2) is 46.6 Å². The van der Waals surface area contributed by atoms with Gasteiger partial charge >= 0.3 is 37.7 Å². The highest BCUT2D eigenvalue weighted by Crippen LogP contribution is 2.41. The van der Waals surface area contributed by atoms with Gasteiger partial charge in [0.05, 0.1) is 92.2 Å². The summed E-state index contributed by atoms with van der Waals surface area (Å²) in [5, 5.41) is 36.1. The Morgan fingerprint density at radius 1 is 0.511 bits per heavy atom. The number of pyridine rings is 2. The van der Waals surface area contributed by atoms with Crippen molar-refractivity contribution in [3.8, 4) is 11.5 Å². The summed E-state index contributed by atoms with van der Waals surface area (Å²) < 4.78 is 143. The fraction of sp³-hybridized carbons (Fsp3) is 0.562. The van der Waals surface area contributed by atoms with Gasteiger partial charge in [-0.15, -0.1) is 12.4 Å². The molecule has 42 heteroatoms. The number of nitrogens with zero attached hydrogens (tertiary/aromatic N) is 4. The lowest BCUT2D eigenvalue weighted by Crippen LogP contribution is -2.51. The van der Waals surface area contributed by atoms with E-state index in [-0.39, 0.29) is 144 Å². The summed E-state index contributed by atoms with van der Waals surface area (Å²) in [7, 11) is -13.4. The predicted octanol–water partition coefficient (Wildman–Crippen LogP) is 12.9. The molecule has 2 amide bonds. The van der Waals surface area contributed by atoms with Crippen LogP contribution in [0, 0.1) is 23.7 Å². The second kappa shape index (κ2) is 59.4. The minimum atomic E-state index is -4.41. The number of fused-ring (bicyclic) bond motifs is 2. The number of unbranched alkanes of at least 4 members (excludes halogenated alkanes) is 3. The van der Waals surface area contributed by atoms with Gasteiger partial charge in [0.25, 0.3) is 0 Å². The Kier molecular flexibility index (Phi) is 52.6. The van der Waals surface area contributed by atoms with Crippen molar-refractivity contribution >= 4 is 99.2 Å². The average Bonchev–Trinajstić information content (AvgIpc) is 1.69. The third-order valence-corrected chi connectivity index (χ3v) is 28.3. The van der Waals surface area contributed by atoms with Crippen molar-refractivity contribution < 1.29 is 122 Å². The van der Waals surface area contributed by atoms with Gasteiger partial charge in [-0.3, -0.25) is 23.5 Å². The van der Waals surface area contributed by atoms with Crippen LogP contribution in [-0.2, 0) is 99.0 Å². The van der Waals surface area contributed by atoms with Crippen molar-refractivity contribution in [2.45, 2.75) is 235 Å². The topological polar surface area (TPSA) is 477 Å². The van der Waals surface area contributed by atoms with Crippen LogP contribution in [0.2, 0.25) is 0 Å². The third-order valence-electron chi connectivity index (χ3n) is 19.9. The van der Waals surface area contributed by atoms with E-state index < -0.39 is 139 Å². The fourth-order valence-electron chi connectivity index (χ4n) is 13.2.